The molecule has 0 aromatic rings. The molecule has 0 spiro atoms. The molecule has 0 aromatic carbocycles. The Morgan fingerprint density at radius 2 is 1.22 bits per heavy atom. The molecule has 1 heterocycles. The minimum Gasteiger partial charge on any atom is -0.152 e. The molecule has 3 aliphatic carbocycles. The van der Waals surface area contributed by atoms with E-state index in [0.717, 1.165) is 22.3 Å². The van der Waals surface area contributed by atoms with Gasteiger partial charge in [-0.2, -0.15) is 11.8 Å². The SMILES string of the molecule is C1CC2CCC1C1SC21. The maximum Gasteiger partial charge on any atom is 0.0200 e. The highest BCUT2D eigenvalue weighted by atomic mass is 32.2. The van der Waals surface area contributed by atoms with Crippen molar-refractivity contribution in [2.75, 3.05) is 0 Å². The fraction of sp³-hybridized carbons (Fsp3) is 1.00. The van der Waals surface area contributed by atoms with Crippen molar-refractivity contribution in [2.45, 2.75) is 36.2 Å². The van der Waals surface area contributed by atoms with Gasteiger partial charge in [-0.25, -0.2) is 0 Å². The van der Waals surface area contributed by atoms with E-state index in [-0.39, 0.29) is 0 Å². The number of thioether (sulfide) groups is 1. The van der Waals surface area contributed by atoms with Crippen molar-refractivity contribution in [3.05, 3.63) is 0 Å². The fourth-order valence-corrected chi connectivity index (χ4v) is 4.40. The molecule has 0 amide bonds. The predicted octanol–water partition coefficient (Wildman–Crippen LogP) is 2.29. The monoisotopic (exact) mass is 140 g/mol. The van der Waals surface area contributed by atoms with Gasteiger partial charge in [-0.3, -0.25) is 0 Å². The third kappa shape index (κ3) is 0.568. The van der Waals surface area contributed by atoms with Gasteiger partial charge in [0.2, 0.25) is 0 Å². The number of hydrogen-bond donors (Lipinski definition) is 0. The molecule has 2 atom stereocenters. The Bertz CT molecular complexity index is 120. The lowest BCUT2D eigenvalue weighted by Crippen LogP contribution is -2.30. The molecule has 2 bridgehead atoms. The highest BCUT2D eigenvalue weighted by Crippen LogP contribution is 2.62. The average molecular weight is 140 g/mol. The number of hydrogen-bond acceptors (Lipinski definition) is 1. The van der Waals surface area contributed by atoms with Crippen LogP contribution in [0.15, 0.2) is 0 Å². The smallest absolute Gasteiger partial charge is 0.0200 e. The van der Waals surface area contributed by atoms with Gasteiger partial charge in [-0.15, -0.1) is 0 Å². The highest BCUT2D eigenvalue weighted by molar-refractivity contribution is 8.07. The van der Waals surface area contributed by atoms with Gasteiger partial charge in [0.25, 0.3) is 0 Å². The summed E-state index contributed by atoms with van der Waals surface area (Å²) in [4.78, 5) is 0. The molecular formula is C8H12S. The van der Waals surface area contributed by atoms with Crippen molar-refractivity contribution in [1.29, 1.82) is 0 Å². The lowest BCUT2D eigenvalue weighted by Gasteiger charge is -2.33. The van der Waals surface area contributed by atoms with E-state index in [9.17, 15) is 0 Å². The standard InChI is InChI=1S/C8H12S/c1-2-6-4-3-5(1)7-8(6)9-7/h5-8H,1-4H2. The summed E-state index contributed by atoms with van der Waals surface area (Å²) in [5, 5.41) is 2.30. The molecule has 4 aliphatic rings. The van der Waals surface area contributed by atoms with Crippen LogP contribution in [0.3, 0.4) is 0 Å². The summed E-state index contributed by atoms with van der Waals surface area (Å²) in [6.45, 7) is 0. The molecular weight excluding hydrogens is 128 g/mol. The molecule has 0 aromatic heterocycles. The van der Waals surface area contributed by atoms with Crippen LogP contribution in [-0.2, 0) is 0 Å². The summed E-state index contributed by atoms with van der Waals surface area (Å²) in [6.07, 6.45) is 6.27. The van der Waals surface area contributed by atoms with Crippen LogP contribution < -0.4 is 0 Å². The van der Waals surface area contributed by atoms with E-state index >= 15 is 0 Å². The molecule has 0 nitrogen and oxygen atoms in total. The van der Waals surface area contributed by atoms with Gasteiger partial charge in [-0.1, -0.05) is 0 Å². The van der Waals surface area contributed by atoms with E-state index in [0.29, 0.717) is 0 Å². The molecule has 4 rings (SSSR count). The summed E-state index contributed by atoms with van der Waals surface area (Å²) < 4.78 is 0. The first kappa shape index (κ1) is 5.06. The first-order valence-corrected chi connectivity index (χ1v) is 5.05. The summed E-state index contributed by atoms with van der Waals surface area (Å²) in [5.41, 5.74) is 0. The van der Waals surface area contributed by atoms with Crippen molar-refractivity contribution in [1.82, 2.24) is 0 Å². The van der Waals surface area contributed by atoms with Gasteiger partial charge in [0.15, 0.2) is 0 Å². The Morgan fingerprint density at radius 3 is 1.56 bits per heavy atom. The Hall–Kier alpha value is 0.350. The van der Waals surface area contributed by atoms with Gasteiger partial charge in [0.1, 0.15) is 0 Å². The lowest BCUT2D eigenvalue weighted by atomic mass is 9.71. The second-order valence-corrected chi connectivity index (χ2v) is 5.10. The summed E-state index contributed by atoms with van der Waals surface area (Å²) >= 11 is 2.28. The molecule has 0 radical (unpaired) electrons. The van der Waals surface area contributed by atoms with Crippen LogP contribution in [-0.4, -0.2) is 10.5 Å². The van der Waals surface area contributed by atoms with Gasteiger partial charge < -0.3 is 0 Å². The first-order valence-electron chi connectivity index (χ1n) is 4.10. The van der Waals surface area contributed by atoms with E-state index in [4.69, 9.17) is 0 Å². The maximum absolute atomic E-state index is 2.28. The van der Waals surface area contributed by atoms with Crippen LogP contribution in [0.1, 0.15) is 25.7 Å². The Balaban J connectivity index is 1.93. The molecule has 2 unspecified atom stereocenters. The van der Waals surface area contributed by atoms with Crippen LogP contribution in [0.5, 0.6) is 0 Å². The minimum atomic E-state index is 1.15. The van der Waals surface area contributed by atoms with E-state index in [1.165, 1.54) is 0 Å². The van der Waals surface area contributed by atoms with Crippen LogP contribution in [0, 0.1) is 11.8 Å². The first-order chi connectivity index (χ1) is 4.45. The molecule has 1 heteroatoms. The summed E-state index contributed by atoms with van der Waals surface area (Å²) in [6, 6.07) is 0. The van der Waals surface area contributed by atoms with Gasteiger partial charge >= 0.3 is 0 Å². The summed E-state index contributed by atoms with van der Waals surface area (Å²) in [5.74, 6) is 2.31. The normalized spacial score (nSPS) is 61.3. The maximum atomic E-state index is 2.28. The van der Waals surface area contributed by atoms with Crippen molar-refractivity contribution in [3.63, 3.8) is 0 Å². The Kier molecular flexibility index (Phi) is 0.843. The molecule has 0 N–H and O–H groups in total. The van der Waals surface area contributed by atoms with E-state index < -0.39 is 0 Å². The Labute approximate surface area is 60.4 Å². The number of rotatable bonds is 0. The van der Waals surface area contributed by atoms with Crippen LogP contribution >= 0.6 is 11.8 Å². The minimum absolute atomic E-state index is 1.15. The van der Waals surface area contributed by atoms with Crippen LogP contribution in [0.25, 0.3) is 0 Å². The van der Waals surface area contributed by atoms with Gasteiger partial charge in [-0.05, 0) is 37.5 Å². The van der Waals surface area contributed by atoms with Crippen molar-refractivity contribution < 1.29 is 0 Å². The average Bonchev–Trinajstić information content (AvgIpc) is 2.68. The highest BCUT2D eigenvalue weighted by Gasteiger charge is 2.54. The topological polar surface area (TPSA) is 0 Å². The second kappa shape index (κ2) is 1.50. The zero-order valence-electron chi connectivity index (χ0n) is 5.55. The second-order valence-electron chi connectivity index (χ2n) is 3.74. The molecule has 3 saturated carbocycles. The van der Waals surface area contributed by atoms with E-state index in [2.05, 4.69) is 11.8 Å². The molecule has 1 saturated heterocycles. The van der Waals surface area contributed by atoms with E-state index in [1.807, 2.05) is 0 Å². The van der Waals surface area contributed by atoms with Crippen molar-refractivity contribution >= 4 is 11.8 Å². The molecule has 1 aliphatic heterocycles. The van der Waals surface area contributed by atoms with Gasteiger partial charge in [0.05, 0.1) is 0 Å². The van der Waals surface area contributed by atoms with Gasteiger partial charge in [0, 0.05) is 10.5 Å². The largest absolute Gasteiger partial charge is 0.152 e. The zero-order valence-corrected chi connectivity index (χ0v) is 6.36. The summed E-state index contributed by atoms with van der Waals surface area (Å²) in [7, 11) is 0. The fourth-order valence-electron chi connectivity index (χ4n) is 2.70. The zero-order chi connectivity index (χ0) is 5.84. The van der Waals surface area contributed by atoms with Crippen LogP contribution in [0.4, 0.5) is 0 Å². The van der Waals surface area contributed by atoms with Crippen molar-refractivity contribution in [2.24, 2.45) is 11.8 Å². The third-order valence-electron chi connectivity index (χ3n) is 3.31. The molecule has 4 fully saturated rings. The molecule has 50 valence electrons. The van der Waals surface area contributed by atoms with Crippen LogP contribution in [0.2, 0.25) is 0 Å². The third-order valence-corrected chi connectivity index (χ3v) is 4.98. The molecule has 9 heavy (non-hydrogen) atoms. The quantitative estimate of drug-likeness (QED) is 0.465. The predicted molar refractivity (Wildman–Crippen MR) is 40.6 cm³/mol. The van der Waals surface area contributed by atoms with Crippen molar-refractivity contribution in [3.8, 4) is 0 Å². The lowest BCUT2D eigenvalue weighted by molar-refractivity contribution is 0.218. The Morgan fingerprint density at radius 1 is 0.778 bits per heavy atom. The number of fused-ring (bicyclic) bond motifs is 2. The van der Waals surface area contributed by atoms with E-state index in [1.54, 1.807) is 25.7 Å².